The van der Waals surface area contributed by atoms with Crippen LogP contribution >= 0.6 is 0 Å². The second-order valence-electron chi connectivity index (χ2n) is 8.31. The van der Waals surface area contributed by atoms with Gasteiger partial charge in [-0.2, -0.15) is 0 Å². The Morgan fingerprint density at radius 1 is 1.25 bits per heavy atom. The summed E-state index contributed by atoms with van der Waals surface area (Å²) in [6, 6.07) is 7.71. The lowest BCUT2D eigenvalue weighted by Crippen LogP contribution is -2.45. The van der Waals surface area contributed by atoms with Crippen LogP contribution < -0.4 is 15.7 Å². The van der Waals surface area contributed by atoms with Crippen molar-refractivity contribution in [1.29, 1.82) is 0 Å². The third kappa shape index (κ3) is 2.65. The minimum atomic E-state index is -0.562. The van der Waals surface area contributed by atoms with E-state index in [-0.39, 0.29) is 11.5 Å². The molecule has 148 valence electrons. The van der Waals surface area contributed by atoms with Gasteiger partial charge in [0, 0.05) is 42.7 Å². The Hall–Kier alpha value is -2.34. The van der Waals surface area contributed by atoms with Crippen LogP contribution in [-0.2, 0) is 11.2 Å². The number of hydrogen-bond acceptors (Lipinski definition) is 5. The molecule has 5 rings (SSSR count). The van der Waals surface area contributed by atoms with Gasteiger partial charge < -0.3 is 19.4 Å². The highest BCUT2D eigenvalue weighted by molar-refractivity contribution is 5.83. The molecule has 6 heteroatoms. The molecule has 1 aromatic heterocycles. The lowest BCUT2D eigenvalue weighted by atomic mass is 9.82. The van der Waals surface area contributed by atoms with Crippen molar-refractivity contribution in [3.8, 4) is 5.75 Å². The largest absolute Gasteiger partial charge is 0.481 e. The van der Waals surface area contributed by atoms with Crippen LogP contribution in [0.25, 0.3) is 11.0 Å². The second kappa shape index (κ2) is 6.62. The summed E-state index contributed by atoms with van der Waals surface area (Å²) in [6.45, 7) is 5.87. The van der Waals surface area contributed by atoms with E-state index < -0.39 is 6.10 Å². The highest BCUT2D eigenvalue weighted by Crippen LogP contribution is 2.47. The number of carbonyl (C=O) groups is 1. The maximum absolute atomic E-state index is 13.2. The van der Waals surface area contributed by atoms with Crippen LogP contribution in [0.2, 0.25) is 0 Å². The average Bonchev–Trinajstić information content (AvgIpc) is 3.38. The van der Waals surface area contributed by atoms with Gasteiger partial charge in [0.05, 0.1) is 0 Å². The summed E-state index contributed by atoms with van der Waals surface area (Å²) < 4.78 is 11.3. The van der Waals surface area contributed by atoms with E-state index >= 15 is 0 Å². The zero-order valence-electron chi connectivity index (χ0n) is 16.3. The monoisotopic (exact) mass is 382 g/mol. The number of rotatable bonds is 4. The smallest absolute Gasteiger partial charge is 0.336 e. The molecule has 0 spiro atoms. The summed E-state index contributed by atoms with van der Waals surface area (Å²) in [5.74, 6) is 1.82. The van der Waals surface area contributed by atoms with Gasteiger partial charge in [-0.15, -0.1) is 0 Å². The van der Waals surface area contributed by atoms with Crippen LogP contribution in [0.5, 0.6) is 5.75 Å². The normalized spacial score (nSPS) is 29.3. The van der Waals surface area contributed by atoms with Gasteiger partial charge in [-0.3, -0.25) is 4.79 Å². The molecule has 6 nitrogen and oxygen atoms in total. The number of ether oxygens (including phenoxy) is 1. The van der Waals surface area contributed by atoms with E-state index in [0.717, 1.165) is 43.3 Å². The Morgan fingerprint density at radius 2 is 1.96 bits per heavy atom. The van der Waals surface area contributed by atoms with Gasteiger partial charge in [0.2, 0.25) is 0 Å². The van der Waals surface area contributed by atoms with Crippen LogP contribution in [0, 0.1) is 11.8 Å². The van der Waals surface area contributed by atoms with E-state index in [0.29, 0.717) is 35.3 Å². The molecule has 1 aromatic carbocycles. The van der Waals surface area contributed by atoms with Crippen LogP contribution in [0.3, 0.4) is 0 Å². The Bertz CT molecular complexity index is 966. The van der Waals surface area contributed by atoms with Gasteiger partial charge in [-0.05, 0) is 55.7 Å². The molecule has 2 aromatic rings. The Kier molecular flexibility index (Phi) is 4.19. The molecule has 3 aliphatic rings. The van der Waals surface area contributed by atoms with Crippen LogP contribution in [0.1, 0.15) is 32.3 Å². The van der Waals surface area contributed by atoms with E-state index in [1.807, 2.05) is 26.0 Å². The summed E-state index contributed by atoms with van der Waals surface area (Å²) in [7, 11) is 0. The van der Waals surface area contributed by atoms with Crippen molar-refractivity contribution in [2.45, 2.75) is 51.3 Å². The minimum absolute atomic E-state index is 0.0748. The summed E-state index contributed by atoms with van der Waals surface area (Å²) >= 11 is 0. The van der Waals surface area contributed by atoms with Crippen LogP contribution in [0.4, 0.5) is 0 Å². The maximum atomic E-state index is 13.2. The first-order valence-corrected chi connectivity index (χ1v) is 10.3. The molecule has 28 heavy (non-hydrogen) atoms. The SMILES string of the molecule is CCc1cc(=O)oc2cc(OC(C)C(=O)N3[C@@H]4CC[C@H]3[C@H]3CNC[C@H]34)ccc12. The molecular weight excluding hydrogens is 356 g/mol. The first-order chi connectivity index (χ1) is 13.6. The molecule has 4 heterocycles. The molecule has 0 saturated carbocycles. The summed E-state index contributed by atoms with van der Waals surface area (Å²) in [4.78, 5) is 27.1. The molecule has 0 radical (unpaired) electrons. The van der Waals surface area contributed by atoms with E-state index in [9.17, 15) is 9.59 Å². The summed E-state index contributed by atoms with van der Waals surface area (Å²) in [6.07, 6.45) is 2.40. The van der Waals surface area contributed by atoms with Gasteiger partial charge in [-0.25, -0.2) is 4.79 Å². The number of aryl methyl sites for hydroxylation is 1. The fraction of sp³-hybridized carbons (Fsp3) is 0.545. The average molecular weight is 382 g/mol. The van der Waals surface area contributed by atoms with Gasteiger partial charge in [-0.1, -0.05) is 6.92 Å². The maximum Gasteiger partial charge on any atom is 0.336 e. The fourth-order valence-electron chi connectivity index (χ4n) is 5.64. The molecule has 3 fully saturated rings. The number of benzene rings is 1. The zero-order chi connectivity index (χ0) is 19.4. The van der Waals surface area contributed by atoms with Crippen molar-refractivity contribution in [3.63, 3.8) is 0 Å². The van der Waals surface area contributed by atoms with Gasteiger partial charge in [0.25, 0.3) is 5.91 Å². The van der Waals surface area contributed by atoms with Crippen molar-refractivity contribution < 1.29 is 13.9 Å². The Labute approximate surface area is 163 Å². The summed E-state index contributed by atoms with van der Waals surface area (Å²) in [5.41, 5.74) is 1.10. The third-order valence-electron chi connectivity index (χ3n) is 6.87. The minimum Gasteiger partial charge on any atom is -0.481 e. The highest BCUT2D eigenvalue weighted by atomic mass is 16.5. The van der Waals surface area contributed by atoms with Crippen molar-refractivity contribution in [2.24, 2.45) is 11.8 Å². The highest BCUT2D eigenvalue weighted by Gasteiger charge is 2.56. The number of carbonyl (C=O) groups excluding carboxylic acids is 1. The molecule has 1 N–H and O–H groups in total. The topological polar surface area (TPSA) is 71.8 Å². The first-order valence-electron chi connectivity index (χ1n) is 10.3. The standard InChI is InChI=1S/C22H26N2O4/c1-3-13-8-21(25)28-20-9-14(4-5-15(13)20)27-12(2)22(26)24-18-6-7-19(24)17-11-23-10-16(17)18/h4-5,8-9,12,16-19,23H,3,6-7,10-11H2,1-2H3/t12?,16-,17+,18-,19+. The molecule has 1 unspecified atom stereocenters. The molecule has 3 aliphatic heterocycles. The quantitative estimate of drug-likeness (QED) is 0.822. The number of amides is 1. The van der Waals surface area contributed by atoms with E-state index in [1.165, 1.54) is 6.07 Å². The second-order valence-corrected chi connectivity index (χ2v) is 8.31. The van der Waals surface area contributed by atoms with Crippen LogP contribution in [-0.4, -0.2) is 42.1 Å². The van der Waals surface area contributed by atoms with Gasteiger partial charge in [0.1, 0.15) is 11.3 Å². The Balaban J connectivity index is 1.36. The molecular formula is C22H26N2O4. The number of nitrogens with zero attached hydrogens (tertiary/aromatic N) is 1. The van der Waals surface area contributed by atoms with Crippen molar-refractivity contribution in [1.82, 2.24) is 10.2 Å². The van der Waals surface area contributed by atoms with Gasteiger partial charge in [0.15, 0.2) is 6.10 Å². The molecule has 3 saturated heterocycles. The van der Waals surface area contributed by atoms with Crippen LogP contribution in [0.15, 0.2) is 33.5 Å². The number of fused-ring (bicyclic) bond motifs is 6. The molecule has 1 amide bonds. The number of hydrogen-bond donors (Lipinski definition) is 1. The molecule has 2 bridgehead atoms. The summed E-state index contributed by atoms with van der Waals surface area (Å²) in [5, 5.41) is 4.39. The van der Waals surface area contributed by atoms with Crippen molar-refractivity contribution in [2.75, 3.05) is 13.1 Å². The van der Waals surface area contributed by atoms with Crippen molar-refractivity contribution in [3.05, 3.63) is 40.2 Å². The predicted molar refractivity (Wildman–Crippen MR) is 105 cm³/mol. The Morgan fingerprint density at radius 3 is 2.64 bits per heavy atom. The molecule has 5 atom stereocenters. The van der Waals surface area contributed by atoms with E-state index in [2.05, 4.69) is 10.2 Å². The molecule has 0 aliphatic carbocycles. The van der Waals surface area contributed by atoms with E-state index in [4.69, 9.17) is 9.15 Å². The fourth-order valence-corrected chi connectivity index (χ4v) is 5.64. The predicted octanol–water partition coefficient (Wildman–Crippen LogP) is 2.33. The van der Waals surface area contributed by atoms with Gasteiger partial charge >= 0.3 is 5.63 Å². The third-order valence-corrected chi connectivity index (χ3v) is 6.87. The lowest BCUT2D eigenvalue weighted by molar-refractivity contribution is -0.139. The lowest BCUT2D eigenvalue weighted by Gasteiger charge is -2.28. The van der Waals surface area contributed by atoms with E-state index in [1.54, 1.807) is 6.07 Å². The zero-order valence-corrected chi connectivity index (χ0v) is 16.3. The van der Waals surface area contributed by atoms with Crippen molar-refractivity contribution >= 4 is 16.9 Å². The number of nitrogens with one attached hydrogen (secondary N) is 1. The first kappa shape index (κ1) is 17.7.